The molecule has 0 aliphatic carbocycles. The quantitative estimate of drug-likeness (QED) is 0.839. The zero-order valence-electron chi connectivity index (χ0n) is 13.3. The fourth-order valence-corrected chi connectivity index (χ4v) is 3.28. The maximum absolute atomic E-state index is 12.0. The van der Waals surface area contributed by atoms with Gasteiger partial charge in [-0.25, -0.2) is 8.42 Å². The maximum atomic E-state index is 12.0. The van der Waals surface area contributed by atoms with Gasteiger partial charge in [-0.2, -0.15) is 5.10 Å². The number of carbonyl (C=O) groups is 1. The molecular weight excluding hydrogens is 314 g/mol. The second kappa shape index (κ2) is 7.41. The van der Waals surface area contributed by atoms with Gasteiger partial charge in [-0.05, 0) is 23.1 Å². The summed E-state index contributed by atoms with van der Waals surface area (Å²) < 4.78 is 27.7. The monoisotopic (exact) mass is 335 g/mol. The zero-order valence-corrected chi connectivity index (χ0v) is 14.1. The number of aromatic nitrogens is 2. The number of aryl methyl sites for hydroxylation is 1. The minimum atomic E-state index is -3.69. The molecule has 0 spiro atoms. The van der Waals surface area contributed by atoms with Crippen LogP contribution in [-0.4, -0.2) is 24.1 Å². The van der Waals surface area contributed by atoms with E-state index < -0.39 is 15.9 Å². The lowest BCUT2D eigenvalue weighted by molar-refractivity contribution is -0.119. The normalized spacial score (nSPS) is 11.6. The number of sulfonamides is 1. The molecule has 0 bridgehead atoms. The third kappa shape index (κ3) is 5.52. The SMILES string of the molecule is CC(C)c1ccc(CS(=O)(=O)NC(=O)CCn2cccn2)cc1. The van der Waals surface area contributed by atoms with Gasteiger partial charge in [-0.3, -0.25) is 14.2 Å². The highest BCUT2D eigenvalue weighted by molar-refractivity contribution is 7.89. The molecule has 1 aromatic heterocycles. The summed E-state index contributed by atoms with van der Waals surface area (Å²) in [4.78, 5) is 11.8. The summed E-state index contributed by atoms with van der Waals surface area (Å²) in [5.74, 6) is -0.347. The number of hydrogen-bond donors (Lipinski definition) is 1. The van der Waals surface area contributed by atoms with Crippen LogP contribution in [0.25, 0.3) is 0 Å². The molecule has 124 valence electrons. The first-order chi connectivity index (χ1) is 10.9. The summed E-state index contributed by atoms with van der Waals surface area (Å²) in [5.41, 5.74) is 1.80. The summed E-state index contributed by atoms with van der Waals surface area (Å²) >= 11 is 0. The Labute approximate surface area is 136 Å². The van der Waals surface area contributed by atoms with Crippen molar-refractivity contribution in [1.82, 2.24) is 14.5 Å². The van der Waals surface area contributed by atoms with E-state index in [2.05, 4.69) is 23.7 Å². The molecule has 2 aromatic rings. The van der Waals surface area contributed by atoms with E-state index in [1.165, 1.54) is 0 Å². The van der Waals surface area contributed by atoms with Gasteiger partial charge in [-0.1, -0.05) is 38.1 Å². The average molecular weight is 335 g/mol. The van der Waals surface area contributed by atoms with Gasteiger partial charge in [0, 0.05) is 25.4 Å². The molecular formula is C16H21N3O3S. The van der Waals surface area contributed by atoms with E-state index in [1.807, 2.05) is 12.1 Å². The van der Waals surface area contributed by atoms with E-state index in [4.69, 9.17) is 0 Å². The van der Waals surface area contributed by atoms with Gasteiger partial charge in [0.05, 0.1) is 5.75 Å². The molecule has 0 saturated carbocycles. The molecule has 6 nitrogen and oxygen atoms in total. The first-order valence-electron chi connectivity index (χ1n) is 7.45. The van der Waals surface area contributed by atoms with Crippen molar-refractivity contribution in [3.63, 3.8) is 0 Å². The molecule has 1 amide bonds. The van der Waals surface area contributed by atoms with Crippen LogP contribution in [-0.2, 0) is 27.1 Å². The maximum Gasteiger partial charge on any atom is 0.239 e. The predicted molar refractivity (Wildman–Crippen MR) is 88.1 cm³/mol. The third-order valence-corrected chi connectivity index (χ3v) is 4.65. The Morgan fingerprint density at radius 3 is 2.52 bits per heavy atom. The lowest BCUT2D eigenvalue weighted by atomic mass is 10.0. The molecule has 1 aromatic carbocycles. The van der Waals surface area contributed by atoms with Crippen molar-refractivity contribution in [3.05, 3.63) is 53.9 Å². The van der Waals surface area contributed by atoms with E-state index in [0.717, 1.165) is 5.56 Å². The predicted octanol–water partition coefficient (Wildman–Crippen LogP) is 2.04. The second-order valence-corrected chi connectivity index (χ2v) is 7.42. The van der Waals surface area contributed by atoms with Crippen molar-refractivity contribution < 1.29 is 13.2 Å². The number of hydrogen-bond acceptors (Lipinski definition) is 4. The standard InChI is InChI=1S/C16H21N3O3S/c1-13(2)15-6-4-14(5-7-15)12-23(21,22)18-16(20)8-11-19-10-3-9-17-19/h3-7,9-10,13H,8,11-12H2,1-2H3,(H,18,20). The molecule has 2 rings (SSSR count). The van der Waals surface area contributed by atoms with Crippen molar-refractivity contribution >= 4 is 15.9 Å². The number of nitrogens with zero attached hydrogens (tertiary/aromatic N) is 2. The molecule has 0 unspecified atom stereocenters. The Hall–Kier alpha value is -2.15. The highest BCUT2D eigenvalue weighted by Gasteiger charge is 2.15. The number of carbonyl (C=O) groups excluding carboxylic acids is 1. The Morgan fingerprint density at radius 1 is 1.26 bits per heavy atom. The van der Waals surface area contributed by atoms with Crippen LogP contribution in [0.2, 0.25) is 0 Å². The summed E-state index contributed by atoms with van der Waals surface area (Å²) in [6.07, 6.45) is 3.39. The second-order valence-electron chi connectivity index (χ2n) is 5.70. The van der Waals surface area contributed by atoms with Gasteiger partial charge in [0.15, 0.2) is 0 Å². The van der Waals surface area contributed by atoms with Crippen LogP contribution in [0.1, 0.15) is 37.3 Å². The molecule has 0 atom stereocenters. The highest BCUT2D eigenvalue weighted by atomic mass is 32.2. The van der Waals surface area contributed by atoms with E-state index in [-0.39, 0.29) is 12.2 Å². The van der Waals surface area contributed by atoms with Crippen molar-refractivity contribution in [2.24, 2.45) is 0 Å². The van der Waals surface area contributed by atoms with E-state index in [9.17, 15) is 13.2 Å². The molecule has 0 radical (unpaired) electrons. The largest absolute Gasteiger partial charge is 0.274 e. The number of amides is 1. The molecule has 0 fully saturated rings. The van der Waals surface area contributed by atoms with E-state index in [0.29, 0.717) is 18.0 Å². The van der Waals surface area contributed by atoms with Crippen LogP contribution in [0.5, 0.6) is 0 Å². The molecule has 1 heterocycles. The summed E-state index contributed by atoms with van der Waals surface area (Å²) in [6, 6.07) is 9.13. The van der Waals surface area contributed by atoms with Crippen LogP contribution >= 0.6 is 0 Å². The van der Waals surface area contributed by atoms with Crippen LogP contribution in [0.15, 0.2) is 42.7 Å². The van der Waals surface area contributed by atoms with Crippen molar-refractivity contribution in [3.8, 4) is 0 Å². The highest BCUT2D eigenvalue weighted by Crippen LogP contribution is 2.15. The number of benzene rings is 1. The Morgan fingerprint density at radius 2 is 1.96 bits per heavy atom. The van der Waals surface area contributed by atoms with E-state index >= 15 is 0 Å². The lowest BCUT2D eigenvalue weighted by Crippen LogP contribution is -2.32. The van der Waals surface area contributed by atoms with Crippen molar-refractivity contribution in [1.29, 1.82) is 0 Å². The van der Waals surface area contributed by atoms with Crippen LogP contribution in [0.4, 0.5) is 0 Å². The molecule has 1 N–H and O–H groups in total. The van der Waals surface area contributed by atoms with Gasteiger partial charge in [0.25, 0.3) is 0 Å². The molecule has 23 heavy (non-hydrogen) atoms. The van der Waals surface area contributed by atoms with Crippen molar-refractivity contribution in [2.45, 2.75) is 38.5 Å². The van der Waals surface area contributed by atoms with Crippen LogP contribution < -0.4 is 4.72 Å². The minimum absolute atomic E-state index is 0.0627. The van der Waals surface area contributed by atoms with Gasteiger partial charge in [0.1, 0.15) is 0 Å². The number of rotatable bonds is 7. The Balaban J connectivity index is 1.89. The fourth-order valence-electron chi connectivity index (χ4n) is 2.13. The third-order valence-electron chi connectivity index (χ3n) is 3.40. The summed E-state index contributed by atoms with van der Waals surface area (Å²) in [7, 11) is -3.69. The minimum Gasteiger partial charge on any atom is -0.274 e. The van der Waals surface area contributed by atoms with Gasteiger partial charge < -0.3 is 0 Å². The van der Waals surface area contributed by atoms with Gasteiger partial charge in [0.2, 0.25) is 15.9 Å². The van der Waals surface area contributed by atoms with Gasteiger partial charge >= 0.3 is 0 Å². The van der Waals surface area contributed by atoms with Gasteiger partial charge in [-0.15, -0.1) is 0 Å². The first kappa shape index (κ1) is 17.2. The first-order valence-corrected chi connectivity index (χ1v) is 9.10. The van der Waals surface area contributed by atoms with Crippen LogP contribution in [0, 0.1) is 0 Å². The molecule has 0 aliphatic rings. The smallest absolute Gasteiger partial charge is 0.239 e. The molecule has 7 heteroatoms. The summed E-state index contributed by atoms with van der Waals surface area (Å²) in [5, 5.41) is 3.96. The Kier molecular flexibility index (Phi) is 5.54. The zero-order chi connectivity index (χ0) is 16.9. The van der Waals surface area contributed by atoms with Crippen molar-refractivity contribution in [2.75, 3.05) is 0 Å². The molecule has 0 saturated heterocycles. The average Bonchev–Trinajstić information content (AvgIpc) is 2.98. The summed E-state index contributed by atoms with van der Waals surface area (Å²) in [6.45, 7) is 4.49. The number of nitrogens with one attached hydrogen (secondary N) is 1. The topological polar surface area (TPSA) is 81.1 Å². The fraction of sp³-hybridized carbons (Fsp3) is 0.375. The lowest BCUT2D eigenvalue weighted by Gasteiger charge is -2.09. The van der Waals surface area contributed by atoms with Crippen LogP contribution in [0.3, 0.4) is 0 Å². The van der Waals surface area contributed by atoms with E-state index in [1.54, 1.807) is 35.3 Å². The molecule has 0 aliphatic heterocycles. The Bertz CT molecular complexity index is 735.